The third kappa shape index (κ3) is 7.00. The van der Waals surface area contributed by atoms with Crippen molar-refractivity contribution in [2.24, 2.45) is 0 Å². The zero-order valence-electron chi connectivity index (χ0n) is 19.6. The summed E-state index contributed by atoms with van der Waals surface area (Å²) < 4.78 is 13.1. The lowest BCUT2D eigenvalue weighted by molar-refractivity contribution is -0.114. The molecule has 1 aromatic heterocycles. The molecule has 0 saturated carbocycles. The van der Waals surface area contributed by atoms with E-state index in [4.69, 9.17) is 21.1 Å². The van der Waals surface area contributed by atoms with Gasteiger partial charge in [0.15, 0.2) is 17.1 Å². The molecule has 3 aromatic rings. The predicted molar refractivity (Wildman–Crippen MR) is 137 cm³/mol. The van der Waals surface area contributed by atoms with Crippen molar-refractivity contribution in [1.29, 1.82) is 0 Å². The minimum atomic E-state index is -0.433. The first-order valence-corrected chi connectivity index (χ1v) is 12.0. The fraction of sp³-hybridized carbons (Fsp3) is 0.250. The van der Waals surface area contributed by atoms with E-state index in [1.807, 2.05) is 23.6 Å². The highest BCUT2D eigenvalue weighted by Gasteiger charge is 2.20. The number of carbonyl (C=O) groups is 2. The number of ether oxygens (including phenoxy) is 2. The first-order valence-electron chi connectivity index (χ1n) is 10.7. The zero-order chi connectivity index (χ0) is 25.4. The predicted octanol–water partition coefficient (Wildman–Crippen LogP) is 4.96. The van der Waals surface area contributed by atoms with Gasteiger partial charge < -0.3 is 20.1 Å². The molecule has 0 aliphatic heterocycles. The van der Waals surface area contributed by atoms with E-state index in [-0.39, 0.29) is 17.6 Å². The monoisotopic (exact) mass is 515 g/mol. The number of halogens is 1. The molecule has 184 valence electrons. The molecular weight excluding hydrogens is 490 g/mol. The molecule has 0 aliphatic rings. The molecule has 0 fully saturated rings. The van der Waals surface area contributed by atoms with Crippen LogP contribution in [0.25, 0.3) is 0 Å². The molecule has 3 rings (SSSR count). The fourth-order valence-corrected chi connectivity index (χ4v) is 4.13. The highest BCUT2D eigenvalue weighted by Crippen LogP contribution is 2.30. The summed E-state index contributed by atoms with van der Waals surface area (Å²) in [5.74, 6) is 1.22. The minimum Gasteiger partial charge on any atom is -0.495 e. The molecular formula is C24H26ClN5O4S. The molecule has 9 nitrogen and oxygen atoms in total. The Bertz CT molecular complexity index is 1220. The van der Waals surface area contributed by atoms with Gasteiger partial charge in [0.2, 0.25) is 11.8 Å². The molecule has 0 aliphatic carbocycles. The molecule has 0 bridgehead atoms. The number of aromatic nitrogens is 3. The van der Waals surface area contributed by atoms with Crippen LogP contribution in [0, 0.1) is 0 Å². The Balaban J connectivity index is 1.68. The maximum absolute atomic E-state index is 12.6. The number of carbonyl (C=O) groups excluding carboxylic acids is 2. The second-order valence-corrected chi connectivity index (χ2v) is 8.71. The van der Waals surface area contributed by atoms with Gasteiger partial charge in [-0.25, -0.2) is 0 Å². The lowest BCUT2D eigenvalue weighted by Gasteiger charge is -2.16. The van der Waals surface area contributed by atoms with Crippen LogP contribution in [0.4, 0.5) is 11.4 Å². The summed E-state index contributed by atoms with van der Waals surface area (Å²) >= 11 is 7.44. The van der Waals surface area contributed by atoms with Gasteiger partial charge in [-0.15, -0.1) is 16.8 Å². The number of hydrogen-bond donors (Lipinski definition) is 2. The number of hydrogen-bond acceptors (Lipinski definition) is 7. The summed E-state index contributed by atoms with van der Waals surface area (Å²) in [4.78, 5) is 24.0. The number of anilines is 2. The quantitative estimate of drug-likeness (QED) is 0.274. The van der Waals surface area contributed by atoms with E-state index >= 15 is 0 Å². The van der Waals surface area contributed by atoms with Crippen LogP contribution in [-0.4, -0.2) is 39.4 Å². The summed E-state index contributed by atoms with van der Waals surface area (Å²) in [5, 5.41) is 15.1. The number of nitrogens with one attached hydrogen (secondary N) is 2. The van der Waals surface area contributed by atoms with Crippen molar-refractivity contribution in [3.05, 3.63) is 66.0 Å². The van der Waals surface area contributed by atoms with Gasteiger partial charge in [-0.3, -0.25) is 14.2 Å². The van der Waals surface area contributed by atoms with E-state index in [2.05, 4.69) is 27.4 Å². The molecule has 2 amide bonds. The number of methoxy groups -OCH3 is 1. The van der Waals surface area contributed by atoms with Crippen molar-refractivity contribution in [2.75, 3.05) is 23.5 Å². The summed E-state index contributed by atoms with van der Waals surface area (Å²) in [7, 11) is 1.50. The summed E-state index contributed by atoms with van der Waals surface area (Å²) in [6.07, 6.45) is 1.29. The van der Waals surface area contributed by atoms with Crippen molar-refractivity contribution in [2.45, 2.75) is 31.7 Å². The van der Waals surface area contributed by atoms with Crippen molar-refractivity contribution in [1.82, 2.24) is 14.8 Å². The van der Waals surface area contributed by atoms with Crippen LogP contribution in [0.2, 0.25) is 5.02 Å². The summed E-state index contributed by atoms with van der Waals surface area (Å²) in [5.41, 5.74) is 0.989. The number of allylic oxidation sites excluding steroid dienone is 1. The molecule has 0 saturated heterocycles. The van der Waals surface area contributed by atoms with E-state index in [1.54, 1.807) is 36.4 Å². The second-order valence-electron chi connectivity index (χ2n) is 7.36. The van der Waals surface area contributed by atoms with Gasteiger partial charge in [-0.1, -0.05) is 41.6 Å². The van der Waals surface area contributed by atoms with Gasteiger partial charge in [-0.2, -0.15) is 0 Å². The first-order chi connectivity index (χ1) is 16.8. The van der Waals surface area contributed by atoms with Crippen molar-refractivity contribution < 1.29 is 19.1 Å². The molecule has 2 N–H and O–H groups in total. The third-order valence-corrected chi connectivity index (χ3v) is 5.97. The SMILES string of the molecule is C=CCn1c(SCC(=O)Nc2ccc(OC)c(NC(C)=O)c2)nnc1C(C)Oc1ccccc1Cl. The van der Waals surface area contributed by atoms with Gasteiger partial charge in [0.05, 0.1) is 23.6 Å². The van der Waals surface area contributed by atoms with Crippen molar-refractivity contribution >= 4 is 46.6 Å². The molecule has 1 atom stereocenters. The minimum absolute atomic E-state index is 0.0938. The maximum Gasteiger partial charge on any atom is 0.234 e. The lowest BCUT2D eigenvalue weighted by Crippen LogP contribution is -2.16. The number of thioether (sulfide) groups is 1. The topological polar surface area (TPSA) is 107 Å². The van der Waals surface area contributed by atoms with Crippen LogP contribution in [0.5, 0.6) is 11.5 Å². The van der Waals surface area contributed by atoms with E-state index in [0.717, 1.165) is 0 Å². The number of benzene rings is 2. The molecule has 35 heavy (non-hydrogen) atoms. The van der Waals surface area contributed by atoms with E-state index in [1.165, 1.54) is 25.8 Å². The van der Waals surface area contributed by atoms with E-state index in [9.17, 15) is 9.59 Å². The molecule has 1 heterocycles. The number of rotatable bonds is 11. The highest BCUT2D eigenvalue weighted by molar-refractivity contribution is 7.99. The Kier molecular flexibility index (Phi) is 9.16. The van der Waals surface area contributed by atoms with Crippen LogP contribution in [-0.2, 0) is 16.1 Å². The van der Waals surface area contributed by atoms with Crippen LogP contribution in [0.3, 0.4) is 0 Å². The van der Waals surface area contributed by atoms with Gasteiger partial charge in [0.25, 0.3) is 0 Å². The Morgan fingerprint density at radius 3 is 2.66 bits per heavy atom. The average molecular weight is 516 g/mol. The van der Waals surface area contributed by atoms with Gasteiger partial charge in [0.1, 0.15) is 11.5 Å². The molecule has 0 radical (unpaired) electrons. The van der Waals surface area contributed by atoms with Crippen LogP contribution >= 0.6 is 23.4 Å². The first kappa shape index (κ1) is 26.1. The Hall–Kier alpha value is -3.50. The Labute approximate surface area is 212 Å². The third-order valence-electron chi connectivity index (χ3n) is 4.69. The van der Waals surface area contributed by atoms with Gasteiger partial charge >= 0.3 is 0 Å². The van der Waals surface area contributed by atoms with Gasteiger partial charge in [-0.05, 0) is 37.3 Å². The maximum atomic E-state index is 12.6. The Morgan fingerprint density at radius 2 is 1.97 bits per heavy atom. The lowest BCUT2D eigenvalue weighted by atomic mass is 10.2. The van der Waals surface area contributed by atoms with Crippen LogP contribution in [0.15, 0.2) is 60.3 Å². The fourth-order valence-electron chi connectivity index (χ4n) is 3.19. The van der Waals surface area contributed by atoms with Crippen molar-refractivity contribution in [3.8, 4) is 11.5 Å². The van der Waals surface area contributed by atoms with Gasteiger partial charge in [0, 0.05) is 19.2 Å². The largest absolute Gasteiger partial charge is 0.495 e. The van der Waals surface area contributed by atoms with Crippen molar-refractivity contribution in [3.63, 3.8) is 0 Å². The average Bonchev–Trinajstić information content (AvgIpc) is 3.22. The molecule has 11 heteroatoms. The second kappa shape index (κ2) is 12.3. The molecule has 1 unspecified atom stereocenters. The smallest absolute Gasteiger partial charge is 0.234 e. The summed E-state index contributed by atoms with van der Waals surface area (Å²) in [6.45, 7) is 7.50. The standard InChI is InChI=1S/C24H26ClN5O4S/c1-5-12-30-23(15(2)34-20-9-7-6-8-18(20)25)28-29-24(30)35-14-22(32)27-17-10-11-21(33-4)19(13-17)26-16(3)31/h5-11,13,15H,1,12,14H2,2-4H3,(H,26,31)(H,27,32). The highest BCUT2D eigenvalue weighted by atomic mass is 35.5. The Morgan fingerprint density at radius 1 is 1.20 bits per heavy atom. The zero-order valence-corrected chi connectivity index (χ0v) is 21.2. The number of amides is 2. The molecule has 0 spiro atoms. The summed E-state index contributed by atoms with van der Waals surface area (Å²) in [6, 6.07) is 12.2. The molecule has 2 aromatic carbocycles. The van der Waals surface area contributed by atoms with E-state index < -0.39 is 6.10 Å². The normalized spacial score (nSPS) is 11.4. The number of nitrogens with zero attached hydrogens (tertiary/aromatic N) is 3. The van der Waals surface area contributed by atoms with Crippen LogP contribution < -0.4 is 20.1 Å². The van der Waals surface area contributed by atoms with Crippen LogP contribution in [0.1, 0.15) is 25.8 Å². The van der Waals surface area contributed by atoms with E-state index in [0.29, 0.717) is 45.4 Å². The number of para-hydroxylation sites is 1.